The van der Waals surface area contributed by atoms with E-state index >= 15 is 0 Å². The van der Waals surface area contributed by atoms with E-state index in [1.165, 1.54) is 6.26 Å². The van der Waals surface area contributed by atoms with Gasteiger partial charge in [0.15, 0.2) is 5.78 Å². The van der Waals surface area contributed by atoms with Crippen LogP contribution < -0.4 is 5.32 Å². The van der Waals surface area contributed by atoms with Gasteiger partial charge in [0.25, 0.3) is 0 Å². The number of piperidine rings is 1. The molecule has 0 spiro atoms. The molecule has 0 aromatic rings. The summed E-state index contributed by atoms with van der Waals surface area (Å²) in [5.74, 6) is 0.0682. The first kappa shape index (κ1) is 14.6. The summed E-state index contributed by atoms with van der Waals surface area (Å²) in [6.45, 7) is 1.99. The molecular formula is C11H21NO4S. The maximum absolute atomic E-state index is 11.4. The summed E-state index contributed by atoms with van der Waals surface area (Å²) in [6, 6.07) is 0. The molecule has 1 N–H and O–H groups in total. The molecule has 100 valence electrons. The lowest BCUT2D eigenvalue weighted by Gasteiger charge is -2.22. The van der Waals surface area contributed by atoms with E-state index < -0.39 is 9.84 Å². The maximum Gasteiger partial charge on any atom is 0.158 e. The number of ketones is 1. The molecule has 5 nitrogen and oxygen atoms in total. The second-order valence-corrected chi connectivity index (χ2v) is 6.79. The van der Waals surface area contributed by atoms with Crippen LogP contribution in [-0.2, 0) is 19.4 Å². The van der Waals surface area contributed by atoms with Crippen LogP contribution in [0.2, 0.25) is 0 Å². The zero-order chi connectivity index (χ0) is 12.7. The van der Waals surface area contributed by atoms with Crippen LogP contribution >= 0.6 is 0 Å². The second-order valence-electron chi connectivity index (χ2n) is 4.53. The van der Waals surface area contributed by atoms with Crippen molar-refractivity contribution in [3.05, 3.63) is 0 Å². The van der Waals surface area contributed by atoms with Crippen molar-refractivity contribution in [3.8, 4) is 0 Å². The Morgan fingerprint density at radius 1 is 1.35 bits per heavy atom. The molecule has 0 aliphatic carbocycles. The fourth-order valence-corrected chi connectivity index (χ4v) is 2.45. The van der Waals surface area contributed by atoms with Crippen molar-refractivity contribution in [2.24, 2.45) is 0 Å². The number of nitrogens with one attached hydrogen (secondary N) is 1. The molecule has 0 radical (unpaired) electrons. The zero-order valence-electron chi connectivity index (χ0n) is 10.3. The third kappa shape index (κ3) is 7.46. The van der Waals surface area contributed by atoms with Crippen LogP contribution in [0.3, 0.4) is 0 Å². The molecule has 1 aliphatic heterocycles. The lowest BCUT2D eigenvalue weighted by molar-refractivity contribution is -0.126. The minimum Gasteiger partial charge on any atom is -0.370 e. The highest BCUT2D eigenvalue weighted by molar-refractivity contribution is 7.90. The van der Waals surface area contributed by atoms with Crippen molar-refractivity contribution in [3.63, 3.8) is 0 Å². The molecule has 1 rings (SSSR count). The topological polar surface area (TPSA) is 72.5 Å². The number of ether oxygens (including phenoxy) is 1. The van der Waals surface area contributed by atoms with Gasteiger partial charge in [-0.2, -0.15) is 0 Å². The molecule has 0 atom stereocenters. The highest BCUT2D eigenvalue weighted by atomic mass is 32.2. The molecule has 6 heteroatoms. The van der Waals surface area contributed by atoms with Gasteiger partial charge in [-0.05, 0) is 32.4 Å². The Morgan fingerprint density at radius 3 is 2.59 bits per heavy atom. The summed E-state index contributed by atoms with van der Waals surface area (Å²) < 4.78 is 27.2. The highest BCUT2D eigenvalue weighted by Gasteiger charge is 2.14. The first-order chi connectivity index (χ1) is 7.97. The molecule has 1 saturated heterocycles. The molecule has 0 unspecified atom stereocenters. The summed E-state index contributed by atoms with van der Waals surface area (Å²) in [5.41, 5.74) is 0. The Labute approximate surface area is 103 Å². The van der Waals surface area contributed by atoms with Crippen molar-refractivity contribution in [2.45, 2.75) is 31.8 Å². The predicted molar refractivity (Wildman–Crippen MR) is 65.8 cm³/mol. The van der Waals surface area contributed by atoms with E-state index in [1.54, 1.807) is 0 Å². The first-order valence-electron chi connectivity index (χ1n) is 5.99. The van der Waals surface area contributed by atoms with Gasteiger partial charge < -0.3 is 10.1 Å². The van der Waals surface area contributed by atoms with E-state index in [9.17, 15) is 13.2 Å². The fraction of sp³-hybridized carbons (Fsp3) is 0.909. The van der Waals surface area contributed by atoms with Crippen LogP contribution in [0.25, 0.3) is 0 Å². The summed E-state index contributed by atoms with van der Waals surface area (Å²) in [5, 5.41) is 3.22. The van der Waals surface area contributed by atoms with E-state index in [4.69, 9.17) is 4.74 Å². The zero-order valence-corrected chi connectivity index (χ0v) is 11.1. The van der Waals surface area contributed by atoms with E-state index in [0.29, 0.717) is 6.42 Å². The predicted octanol–water partition coefficient (Wildman–Crippen LogP) is 0.149. The molecule has 1 fully saturated rings. The van der Waals surface area contributed by atoms with Gasteiger partial charge in [0.05, 0.1) is 11.9 Å². The number of carbonyl (C=O) groups is 1. The lowest BCUT2D eigenvalue weighted by Crippen LogP contribution is -2.33. The number of rotatable bonds is 7. The van der Waals surface area contributed by atoms with Crippen LogP contribution in [0.1, 0.15) is 25.7 Å². The van der Waals surface area contributed by atoms with Crippen LogP contribution in [0.15, 0.2) is 0 Å². The SMILES string of the molecule is CS(=O)(=O)CCCC(=O)COC1CCNCC1. The standard InChI is InChI=1S/C11H21NO4S/c1-17(14,15)8-2-3-10(13)9-16-11-4-6-12-7-5-11/h11-12H,2-9H2,1H3. The Bertz CT molecular complexity index is 333. The minimum absolute atomic E-state index is 0.00724. The Morgan fingerprint density at radius 2 is 2.00 bits per heavy atom. The van der Waals surface area contributed by atoms with Crippen LogP contribution in [0.5, 0.6) is 0 Å². The average Bonchev–Trinajstić information content (AvgIpc) is 2.26. The molecule has 17 heavy (non-hydrogen) atoms. The Kier molecular flexibility index (Phi) is 6.08. The van der Waals surface area contributed by atoms with Crippen molar-refractivity contribution < 1.29 is 17.9 Å². The number of hydrogen-bond donors (Lipinski definition) is 1. The van der Waals surface area contributed by atoms with E-state index in [1.807, 2.05) is 0 Å². The smallest absolute Gasteiger partial charge is 0.158 e. The van der Waals surface area contributed by atoms with Crippen molar-refractivity contribution in [2.75, 3.05) is 31.7 Å². The number of carbonyl (C=O) groups excluding carboxylic acids is 1. The Balaban J connectivity index is 2.08. The third-order valence-corrected chi connectivity index (χ3v) is 3.77. The van der Waals surface area contributed by atoms with Gasteiger partial charge in [0, 0.05) is 12.7 Å². The lowest BCUT2D eigenvalue weighted by atomic mass is 10.1. The normalized spacial score (nSPS) is 18.2. The van der Waals surface area contributed by atoms with Gasteiger partial charge in [-0.1, -0.05) is 0 Å². The second kappa shape index (κ2) is 7.08. The molecule has 0 amide bonds. The van der Waals surface area contributed by atoms with Gasteiger partial charge >= 0.3 is 0 Å². The fourth-order valence-electron chi connectivity index (χ4n) is 1.78. The minimum atomic E-state index is -2.96. The van der Waals surface area contributed by atoms with Crippen molar-refractivity contribution >= 4 is 15.6 Å². The summed E-state index contributed by atoms with van der Waals surface area (Å²) >= 11 is 0. The summed E-state index contributed by atoms with van der Waals surface area (Å²) in [7, 11) is -2.96. The summed E-state index contributed by atoms with van der Waals surface area (Å²) in [6.07, 6.45) is 3.93. The largest absolute Gasteiger partial charge is 0.370 e. The quantitative estimate of drug-likeness (QED) is 0.708. The monoisotopic (exact) mass is 263 g/mol. The molecule has 0 aromatic carbocycles. The number of sulfone groups is 1. The molecular weight excluding hydrogens is 242 g/mol. The van der Waals surface area contributed by atoms with Gasteiger partial charge in [0.1, 0.15) is 16.4 Å². The van der Waals surface area contributed by atoms with E-state index in [0.717, 1.165) is 25.9 Å². The van der Waals surface area contributed by atoms with Crippen molar-refractivity contribution in [1.82, 2.24) is 5.32 Å². The molecule has 0 aromatic heterocycles. The van der Waals surface area contributed by atoms with E-state index in [2.05, 4.69) is 5.32 Å². The summed E-state index contributed by atoms with van der Waals surface area (Å²) in [4.78, 5) is 11.4. The third-order valence-electron chi connectivity index (χ3n) is 2.74. The van der Waals surface area contributed by atoms with Gasteiger partial charge in [0.2, 0.25) is 0 Å². The van der Waals surface area contributed by atoms with Crippen LogP contribution in [-0.4, -0.2) is 52.0 Å². The highest BCUT2D eigenvalue weighted by Crippen LogP contribution is 2.07. The van der Waals surface area contributed by atoms with Gasteiger partial charge in [-0.15, -0.1) is 0 Å². The van der Waals surface area contributed by atoms with Gasteiger partial charge in [-0.25, -0.2) is 8.42 Å². The maximum atomic E-state index is 11.4. The van der Waals surface area contributed by atoms with Crippen LogP contribution in [0.4, 0.5) is 0 Å². The van der Waals surface area contributed by atoms with Gasteiger partial charge in [-0.3, -0.25) is 4.79 Å². The number of hydrogen-bond acceptors (Lipinski definition) is 5. The van der Waals surface area contributed by atoms with Crippen molar-refractivity contribution in [1.29, 1.82) is 0 Å². The first-order valence-corrected chi connectivity index (χ1v) is 8.05. The van der Waals surface area contributed by atoms with Crippen LogP contribution in [0, 0.1) is 0 Å². The Hall–Kier alpha value is -0.460. The molecule has 1 heterocycles. The van der Waals surface area contributed by atoms with E-state index in [-0.39, 0.29) is 30.7 Å². The number of Topliss-reactive ketones (excluding diaryl/α,β-unsaturated/α-hetero) is 1. The molecule has 0 saturated carbocycles. The molecule has 0 bridgehead atoms. The molecule has 1 aliphatic rings. The average molecular weight is 263 g/mol.